The van der Waals surface area contributed by atoms with E-state index in [-0.39, 0.29) is 6.61 Å². The molecule has 1 aromatic carbocycles. The van der Waals surface area contributed by atoms with E-state index in [1.165, 1.54) is 33.4 Å². The molecule has 4 rings (SSSR count). The molecule has 0 aliphatic carbocycles. The van der Waals surface area contributed by atoms with Gasteiger partial charge in [-0.05, 0) is 12.1 Å². The lowest BCUT2D eigenvalue weighted by Crippen LogP contribution is -2.40. The van der Waals surface area contributed by atoms with Gasteiger partial charge in [0.1, 0.15) is 19.0 Å². The first-order chi connectivity index (χ1) is 16.3. The van der Waals surface area contributed by atoms with Crippen LogP contribution in [0, 0.1) is 0 Å². The number of anilines is 2. The molecule has 4 atom stereocenters. The maximum Gasteiger partial charge on any atom is 0.303 e. The summed E-state index contributed by atoms with van der Waals surface area (Å²) >= 11 is 0. The van der Waals surface area contributed by atoms with Gasteiger partial charge in [0.05, 0.1) is 6.33 Å². The van der Waals surface area contributed by atoms with Crippen molar-refractivity contribution in [2.75, 3.05) is 11.9 Å². The summed E-state index contributed by atoms with van der Waals surface area (Å²) in [7, 11) is 0. The molecule has 0 radical (unpaired) electrons. The Balaban J connectivity index is 1.71. The zero-order valence-corrected chi connectivity index (χ0v) is 18.7. The minimum absolute atomic E-state index is 0.204. The molecule has 1 N–H and O–H groups in total. The third kappa shape index (κ3) is 4.96. The van der Waals surface area contributed by atoms with Crippen LogP contribution in [0.1, 0.15) is 27.0 Å². The molecule has 1 fully saturated rings. The van der Waals surface area contributed by atoms with E-state index in [2.05, 4.69) is 20.3 Å². The van der Waals surface area contributed by atoms with Crippen molar-refractivity contribution < 1.29 is 33.3 Å². The van der Waals surface area contributed by atoms with E-state index in [1.54, 1.807) is 4.57 Å². The van der Waals surface area contributed by atoms with Gasteiger partial charge in [-0.15, -0.1) is 0 Å². The van der Waals surface area contributed by atoms with Gasteiger partial charge < -0.3 is 24.3 Å². The molecule has 1 saturated heterocycles. The van der Waals surface area contributed by atoms with Gasteiger partial charge in [-0.25, -0.2) is 15.0 Å². The predicted molar refractivity (Wildman–Crippen MR) is 117 cm³/mol. The molecule has 0 spiro atoms. The van der Waals surface area contributed by atoms with Crippen molar-refractivity contribution >= 4 is 40.6 Å². The number of imidazole rings is 1. The number of para-hydroxylation sites is 1. The first-order valence-electron chi connectivity index (χ1n) is 10.5. The number of rotatable bonds is 7. The average molecular weight is 469 g/mol. The summed E-state index contributed by atoms with van der Waals surface area (Å²) in [4.78, 5) is 48.0. The number of aromatic nitrogens is 4. The molecule has 1 aliphatic rings. The van der Waals surface area contributed by atoms with Crippen LogP contribution in [0.5, 0.6) is 0 Å². The highest BCUT2D eigenvalue weighted by Gasteiger charge is 2.51. The molecule has 2 aromatic heterocycles. The van der Waals surface area contributed by atoms with Crippen molar-refractivity contribution in [3.63, 3.8) is 0 Å². The Morgan fingerprint density at radius 3 is 2.35 bits per heavy atom. The summed E-state index contributed by atoms with van der Waals surface area (Å²) < 4.78 is 23.6. The Morgan fingerprint density at radius 2 is 1.68 bits per heavy atom. The summed E-state index contributed by atoms with van der Waals surface area (Å²) in [5.74, 6) is -1.28. The molecule has 0 bridgehead atoms. The standard InChI is InChI=1S/C22H23N5O7/c1-12(28)31-9-16-18(32-13(2)29)19(33-14(3)30)22(34-16)27-11-25-17-20(23-10-24-21(17)27)26-15-7-5-4-6-8-15/h4-8,10-11,16,18-19,22H,9H2,1-3H3,(H,23,24,26)/t16-,18+,19-,22?/m0/s1. The highest BCUT2D eigenvalue weighted by atomic mass is 16.7. The number of nitrogens with zero attached hydrogens (tertiary/aromatic N) is 4. The number of benzene rings is 1. The van der Waals surface area contributed by atoms with Crippen molar-refractivity contribution in [3.8, 4) is 0 Å². The van der Waals surface area contributed by atoms with E-state index in [4.69, 9.17) is 18.9 Å². The van der Waals surface area contributed by atoms with E-state index >= 15 is 0 Å². The number of carbonyl (C=O) groups is 3. The van der Waals surface area contributed by atoms with E-state index in [9.17, 15) is 14.4 Å². The first kappa shape index (κ1) is 23.1. The average Bonchev–Trinajstić information content (AvgIpc) is 3.35. The number of hydrogen-bond acceptors (Lipinski definition) is 11. The number of nitrogens with one attached hydrogen (secondary N) is 1. The largest absolute Gasteiger partial charge is 0.463 e. The predicted octanol–water partition coefficient (Wildman–Crippen LogP) is 1.89. The van der Waals surface area contributed by atoms with Crippen LogP contribution in [0.25, 0.3) is 11.2 Å². The Bertz CT molecular complexity index is 1200. The van der Waals surface area contributed by atoms with Crippen LogP contribution < -0.4 is 5.32 Å². The third-order valence-corrected chi connectivity index (χ3v) is 5.01. The van der Waals surface area contributed by atoms with Crippen LogP contribution in [-0.4, -0.2) is 62.3 Å². The maximum absolute atomic E-state index is 11.9. The van der Waals surface area contributed by atoms with Crippen LogP contribution in [0.15, 0.2) is 43.0 Å². The molecular formula is C22H23N5O7. The van der Waals surface area contributed by atoms with Crippen molar-refractivity contribution in [2.24, 2.45) is 0 Å². The van der Waals surface area contributed by atoms with Crippen molar-refractivity contribution in [3.05, 3.63) is 43.0 Å². The number of ether oxygens (including phenoxy) is 4. The minimum atomic E-state index is -1.04. The van der Waals surface area contributed by atoms with Gasteiger partial charge in [0.15, 0.2) is 35.4 Å². The topological polar surface area (TPSA) is 144 Å². The van der Waals surface area contributed by atoms with Crippen molar-refractivity contribution in [2.45, 2.75) is 45.3 Å². The van der Waals surface area contributed by atoms with Gasteiger partial charge in [0.25, 0.3) is 0 Å². The number of esters is 3. The van der Waals surface area contributed by atoms with E-state index < -0.39 is 42.4 Å². The number of fused-ring (bicyclic) bond motifs is 1. The first-order valence-corrected chi connectivity index (χ1v) is 10.5. The van der Waals surface area contributed by atoms with Gasteiger partial charge in [0.2, 0.25) is 0 Å². The normalized spacial score (nSPS) is 21.7. The summed E-state index contributed by atoms with van der Waals surface area (Å²) in [6.07, 6.45) is -1.08. The fourth-order valence-corrected chi connectivity index (χ4v) is 3.70. The van der Waals surface area contributed by atoms with E-state index in [0.29, 0.717) is 17.0 Å². The quantitative estimate of drug-likeness (QED) is 0.400. The molecule has 12 nitrogen and oxygen atoms in total. The summed E-state index contributed by atoms with van der Waals surface area (Å²) in [5, 5.41) is 3.19. The maximum atomic E-state index is 11.9. The molecule has 34 heavy (non-hydrogen) atoms. The van der Waals surface area contributed by atoms with Gasteiger partial charge in [-0.2, -0.15) is 0 Å². The lowest BCUT2D eigenvalue weighted by molar-refractivity contribution is -0.166. The fraction of sp³-hybridized carbons (Fsp3) is 0.364. The van der Waals surface area contributed by atoms with Crippen LogP contribution in [0.2, 0.25) is 0 Å². The molecule has 0 amide bonds. The summed E-state index contributed by atoms with van der Waals surface area (Å²) in [6, 6.07) is 9.42. The second kappa shape index (κ2) is 9.83. The number of carbonyl (C=O) groups excluding carboxylic acids is 3. The fourth-order valence-electron chi connectivity index (χ4n) is 3.70. The second-order valence-corrected chi connectivity index (χ2v) is 7.55. The Hall–Kier alpha value is -4.06. The Kier molecular flexibility index (Phi) is 6.68. The highest BCUT2D eigenvalue weighted by Crippen LogP contribution is 2.36. The smallest absolute Gasteiger partial charge is 0.303 e. The van der Waals surface area contributed by atoms with Crippen LogP contribution in [0.3, 0.4) is 0 Å². The minimum Gasteiger partial charge on any atom is -0.463 e. The lowest BCUT2D eigenvalue weighted by Gasteiger charge is -2.23. The van der Waals surface area contributed by atoms with Gasteiger partial charge >= 0.3 is 17.9 Å². The molecule has 3 aromatic rings. The molecule has 12 heteroatoms. The SMILES string of the molecule is CC(=O)OC[C@@H]1OC(n2cnc3c(Nc4ccccc4)ncnc32)[C@@H](OC(C)=O)[C@@H]1OC(C)=O. The molecule has 1 aliphatic heterocycles. The molecule has 178 valence electrons. The molecule has 1 unspecified atom stereocenters. The molecule has 0 saturated carbocycles. The highest BCUT2D eigenvalue weighted by molar-refractivity contribution is 5.85. The zero-order chi connectivity index (χ0) is 24.2. The van der Waals surface area contributed by atoms with Gasteiger partial charge in [0, 0.05) is 26.5 Å². The molecule has 3 heterocycles. The van der Waals surface area contributed by atoms with Crippen LogP contribution in [-0.2, 0) is 33.3 Å². The third-order valence-electron chi connectivity index (χ3n) is 5.01. The van der Waals surface area contributed by atoms with Gasteiger partial charge in [-0.3, -0.25) is 19.0 Å². The Labute approximate surface area is 194 Å². The number of hydrogen-bond donors (Lipinski definition) is 1. The summed E-state index contributed by atoms with van der Waals surface area (Å²) in [6.45, 7) is 3.50. The van der Waals surface area contributed by atoms with Crippen LogP contribution in [0.4, 0.5) is 11.5 Å². The Morgan fingerprint density at radius 1 is 0.971 bits per heavy atom. The lowest BCUT2D eigenvalue weighted by atomic mass is 10.1. The van der Waals surface area contributed by atoms with E-state index in [0.717, 1.165) is 5.69 Å². The van der Waals surface area contributed by atoms with Crippen molar-refractivity contribution in [1.29, 1.82) is 0 Å². The van der Waals surface area contributed by atoms with E-state index in [1.807, 2.05) is 30.3 Å². The monoisotopic (exact) mass is 469 g/mol. The zero-order valence-electron chi connectivity index (χ0n) is 18.7. The molecular weight excluding hydrogens is 446 g/mol. The summed E-state index contributed by atoms with van der Waals surface area (Å²) in [5.41, 5.74) is 1.65. The second-order valence-electron chi connectivity index (χ2n) is 7.55. The van der Waals surface area contributed by atoms with Crippen LogP contribution >= 0.6 is 0 Å². The van der Waals surface area contributed by atoms with Crippen molar-refractivity contribution in [1.82, 2.24) is 19.5 Å². The van der Waals surface area contributed by atoms with Gasteiger partial charge in [-0.1, -0.05) is 18.2 Å².